The van der Waals surface area contributed by atoms with Gasteiger partial charge in [0.15, 0.2) is 0 Å². The van der Waals surface area contributed by atoms with Gasteiger partial charge in [0.25, 0.3) is 0 Å². The maximum Gasteiger partial charge on any atom is 0.242 e. The third-order valence-electron chi connectivity index (χ3n) is 3.48. The van der Waals surface area contributed by atoms with E-state index in [-0.39, 0.29) is 6.04 Å². The molecule has 0 amide bonds. The zero-order valence-corrected chi connectivity index (χ0v) is 15.3. The molecule has 1 heterocycles. The zero-order chi connectivity index (χ0) is 16.3. The highest BCUT2D eigenvalue weighted by atomic mass is 28.4. The molecule has 0 spiro atoms. The van der Waals surface area contributed by atoms with E-state index < -0.39 is 8.32 Å². The highest BCUT2D eigenvalue weighted by Gasteiger charge is 2.19. The van der Waals surface area contributed by atoms with E-state index >= 15 is 0 Å². The van der Waals surface area contributed by atoms with Crippen LogP contribution in [0.5, 0.6) is 5.75 Å². The van der Waals surface area contributed by atoms with Crippen molar-refractivity contribution in [1.29, 1.82) is 0 Å². The molecule has 2 rings (SSSR count). The molecule has 0 saturated carbocycles. The summed E-state index contributed by atoms with van der Waals surface area (Å²) in [6.45, 7) is 10.7. The van der Waals surface area contributed by atoms with Gasteiger partial charge in [-0.3, -0.25) is 4.99 Å². The molecule has 5 heteroatoms. The summed E-state index contributed by atoms with van der Waals surface area (Å²) in [5.74, 6) is 0.948. The topological polar surface area (TPSA) is 39.4 Å². The van der Waals surface area contributed by atoms with E-state index in [1.807, 2.05) is 49.3 Å². The Morgan fingerprint density at radius 2 is 1.95 bits per heavy atom. The Morgan fingerprint density at radius 1 is 1.27 bits per heavy atom. The molecule has 0 aliphatic rings. The van der Waals surface area contributed by atoms with Gasteiger partial charge in [-0.05, 0) is 39.6 Å². The monoisotopic (exact) mass is 315 g/mol. The molecule has 1 unspecified atom stereocenters. The SMILES string of the molecule is Cc1c(C=NC(C)c2ccccc2O[Si](C)(C)C)ncn1C. The van der Waals surface area contributed by atoms with Gasteiger partial charge in [0.1, 0.15) is 11.4 Å². The maximum absolute atomic E-state index is 6.18. The molecule has 0 aliphatic heterocycles. The molecule has 1 aromatic heterocycles. The average molecular weight is 315 g/mol. The summed E-state index contributed by atoms with van der Waals surface area (Å²) in [7, 11) is 0.351. The van der Waals surface area contributed by atoms with Crippen LogP contribution in [0.4, 0.5) is 0 Å². The summed E-state index contributed by atoms with van der Waals surface area (Å²) < 4.78 is 8.17. The van der Waals surface area contributed by atoms with Crippen LogP contribution in [0.1, 0.15) is 29.9 Å². The Bertz CT molecular complexity index is 671. The lowest BCUT2D eigenvalue weighted by Crippen LogP contribution is -2.29. The van der Waals surface area contributed by atoms with Crippen LogP contribution in [0.15, 0.2) is 35.6 Å². The molecule has 1 aromatic carbocycles. The van der Waals surface area contributed by atoms with Crippen LogP contribution >= 0.6 is 0 Å². The molecule has 0 radical (unpaired) electrons. The lowest BCUT2D eigenvalue weighted by molar-refractivity contribution is 0.543. The standard InChI is InChI=1S/C17H25N3OSi/c1-13(18-11-16-14(2)20(3)12-19-16)15-9-7-8-10-17(15)21-22(4,5)6/h7-13H,1-6H3. The third kappa shape index (κ3) is 4.07. The molecule has 2 aromatic rings. The van der Waals surface area contributed by atoms with E-state index in [1.54, 1.807) is 0 Å². The summed E-state index contributed by atoms with van der Waals surface area (Å²) >= 11 is 0. The predicted molar refractivity (Wildman–Crippen MR) is 94.4 cm³/mol. The number of aliphatic imine (C=N–C) groups is 1. The van der Waals surface area contributed by atoms with Gasteiger partial charge in [0.05, 0.1) is 12.4 Å². The van der Waals surface area contributed by atoms with Crippen molar-refractivity contribution < 1.29 is 4.43 Å². The van der Waals surface area contributed by atoms with Crippen LogP contribution < -0.4 is 4.43 Å². The van der Waals surface area contributed by atoms with Gasteiger partial charge < -0.3 is 8.99 Å². The minimum atomic E-state index is -1.64. The van der Waals surface area contributed by atoms with Gasteiger partial charge in [0, 0.05) is 24.5 Å². The van der Waals surface area contributed by atoms with Crippen molar-refractivity contribution in [2.24, 2.45) is 12.0 Å². The predicted octanol–water partition coefficient (Wildman–Crippen LogP) is 4.12. The first-order valence-corrected chi connectivity index (χ1v) is 11.0. The second-order valence-corrected chi connectivity index (χ2v) is 11.0. The number of imidazole rings is 1. The van der Waals surface area contributed by atoms with Gasteiger partial charge in [-0.2, -0.15) is 0 Å². The highest BCUT2D eigenvalue weighted by Crippen LogP contribution is 2.29. The summed E-state index contributed by atoms with van der Waals surface area (Å²) in [5.41, 5.74) is 3.15. The second-order valence-electron chi connectivity index (χ2n) is 6.53. The molecule has 0 aliphatic carbocycles. The van der Waals surface area contributed by atoms with E-state index in [4.69, 9.17) is 4.43 Å². The van der Waals surface area contributed by atoms with Crippen molar-refractivity contribution in [3.05, 3.63) is 47.5 Å². The number of benzene rings is 1. The highest BCUT2D eigenvalue weighted by molar-refractivity contribution is 6.70. The molecule has 0 fully saturated rings. The number of rotatable bonds is 5. The number of para-hydroxylation sites is 1. The van der Waals surface area contributed by atoms with Gasteiger partial charge in [-0.1, -0.05) is 18.2 Å². The van der Waals surface area contributed by atoms with Crippen molar-refractivity contribution in [1.82, 2.24) is 9.55 Å². The van der Waals surface area contributed by atoms with Crippen LogP contribution in [-0.4, -0.2) is 24.1 Å². The first-order valence-electron chi connectivity index (χ1n) is 7.57. The van der Waals surface area contributed by atoms with E-state index in [0.717, 1.165) is 22.7 Å². The molecule has 1 atom stereocenters. The Balaban J connectivity index is 2.23. The van der Waals surface area contributed by atoms with Crippen molar-refractivity contribution in [3.8, 4) is 5.75 Å². The normalized spacial score (nSPS) is 13.5. The largest absolute Gasteiger partial charge is 0.544 e. The molecule has 4 nitrogen and oxygen atoms in total. The summed E-state index contributed by atoms with van der Waals surface area (Å²) in [4.78, 5) is 9.02. The van der Waals surface area contributed by atoms with Crippen LogP contribution in [0.25, 0.3) is 0 Å². The summed E-state index contributed by atoms with van der Waals surface area (Å²) in [6.07, 6.45) is 3.66. The fourth-order valence-electron chi connectivity index (χ4n) is 2.15. The Morgan fingerprint density at radius 3 is 2.55 bits per heavy atom. The fraction of sp³-hybridized carbons (Fsp3) is 0.412. The van der Waals surface area contributed by atoms with Crippen LogP contribution in [0.2, 0.25) is 19.6 Å². The van der Waals surface area contributed by atoms with Crippen molar-refractivity contribution >= 4 is 14.5 Å². The van der Waals surface area contributed by atoms with Crippen molar-refractivity contribution in [2.45, 2.75) is 39.5 Å². The second kappa shape index (κ2) is 6.48. The number of nitrogens with zero attached hydrogens (tertiary/aromatic N) is 3. The number of hydrogen-bond acceptors (Lipinski definition) is 3. The van der Waals surface area contributed by atoms with Crippen molar-refractivity contribution in [2.75, 3.05) is 0 Å². The lowest BCUT2D eigenvalue weighted by atomic mass is 10.1. The van der Waals surface area contributed by atoms with Gasteiger partial charge >= 0.3 is 0 Å². The summed E-state index contributed by atoms with van der Waals surface area (Å²) in [6, 6.07) is 8.20. The van der Waals surface area contributed by atoms with Crippen LogP contribution in [0, 0.1) is 6.92 Å². The van der Waals surface area contributed by atoms with Crippen molar-refractivity contribution in [3.63, 3.8) is 0 Å². The Hall–Kier alpha value is -1.88. The molecule has 118 valence electrons. The molecular formula is C17H25N3OSi. The Labute approximate surface area is 134 Å². The lowest BCUT2D eigenvalue weighted by Gasteiger charge is -2.22. The molecule has 0 bridgehead atoms. The quantitative estimate of drug-likeness (QED) is 0.615. The molecule has 22 heavy (non-hydrogen) atoms. The van der Waals surface area contributed by atoms with Crippen LogP contribution in [-0.2, 0) is 7.05 Å². The van der Waals surface area contributed by atoms with Gasteiger partial charge in [-0.15, -0.1) is 0 Å². The van der Waals surface area contributed by atoms with Gasteiger partial charge in [0.2, 0.25) is 8.32 Å². The molecule has 0 saturated heterocycles. The van der Waals surface area contributed by atoms with E-state index in [9.17, 15) is 0 Å². The minimum absolute atomic E-state index is 0.0361. The van der Waals surface area contributed by atoms with E-state index in [0.29, 0.717) is 0 Å². The summed E-state index contributed by atoms with van der Waals surface area (Å²) in [5, 5.41) is 0. The third-order valence-corrected chi connectivity index (χ3v) is 4.31. The molecular weight excluding hydrogens is 290 g/mol. The fourth-order valence-corrected chi connectivity index (χ4v) is 2.99. The number of hydrogen-bond donors (Lipinski definition) is 0. The smallest absolute Gasteiger partial charge is 0.242 e. The van der Waals surface area contributed by atoms with Crippen LogP contribution in [0.3, 0.4) is 0 Å². The average Bonchev–Trinajstić information content (AvgIpc) is 2.75. The minimum Gasteiger partial charge on any atom is -0.544 e. The maximum atomic E-state index is 6.18. The first-order chi connectivity index (χ1) is 10.3. The zero-order valence-electron chi connectivity index (χ0n) is 14.3. The number of aryl methyl sites for hydroxylation is 1. The van der Waals surface area contributed by atoms with E-state index in [1.165, 1.54) is 0 Å². The Kier molecular flexibility index (Phi) is 4.86. The van der Waals surface area contributed by atoms with E-state index in [2.05, 4.69) is 42.6 Å². The first kappa shape index (κ1) is 16.5. The molecule has 0 N–H and O–H groups in total. The number of aromatic nitrogens is 2. The van der Waals surface area contributed by atoms with Gasteiger partial charge in [-0.25, -0.2) is 4.98 Å².